The van der Waals surface area contributed by atoms with Crippen LogP contribution in [0.3, 0.4) is 0 Å². The Kier molecular flexibility index (Phi) is 14.6. The third-order valence-electron chi connectivity index (χ3n) is 6.11. The van der Waals surface area contributed by atoms with Gasteiger partial charge in [-0.15, -0.1) is 0 Å². The van der Waals surface area contributed by atoms with Gasteiger partial charge in [0.05, 0.1) is 11.3 Å². The Hall–Kier alpha value is -2.08. The zero-order valence-electron chi connectivity index (χ0n) is 22.5. The average molecular weight is 495 g/mol. The van der Waals surface area contributed by atoms with Crippen LogP contribution in [0.5, 0.6) is 5.75 Å². The fourth-order valence-electron chi connectivity index (χ4n) is 3.99. The van der Waals surface area contributed by atoms with Crippen LogP contribution < -0.4 is 10.1 Å². The van der Waals surface area contributed by atoms with Crippen molar-refractivity contribution in [2.45, 2.75) is 98.7 Å². The molecule has 0 aromatic heterocycles. The molecule has 2 unspecified atom stereocenters. The Bertz CT molecular complexity index is 822. The van der Waals surface area contributed by atoms with E-state index >= 15 is 0 Å². The van der Waals surface area contributed by atoms with Gasteiger partial charge in [-0.25, -0.2) is 0 Å². The van der Waals surface area contributed by atoms with Gasteiger partial charge >= 0.3 is 6.18 Å². The van der Waals surface area contributed by atoms with Crippen LogP contribution in [0.15, 0.2) is 41.4 Å². The molecule has 1 aromatic rings. The summed E-state index contributed by atoms with van der Waals surface area (Å²) in [5, 5.41) is 3.48. The van der Waals surface area contributed by atoms with E-state index in [1.165, 1.54) is 6.07 Å². The van der Waals surface area contributed by atoms with Crippen LogP contribution in [0.25, 0.3) is 5.70 Å². The Morgan fingerprint density at radius 1 is 1.20 bits per heavy atom. The molecule has 1 heterocycles. The molecular weight excluding hydrogens is 449 g/mol. The molecule has 0 bridgehead atoms. The van der Waals surface area contributed by atoms with Crippen LogP contribution in [0, 0.1) is 5.92 Å². The molecular formula is C29H45F3N2O. The van der Waals surface area contributed by atoms with Crippen LogP contribution in [-0.4, -0.2) is 24.9 Å². The Morgan fingerprint density at radius 2 is 1.94 bits per heavy atom. The van der Waals surface area contributed by atoms with Gasteiger partial charge in [0.2, 0.25) is 0 Å². The van der Waals surface area contributed by atoms with Crippen molar-refractivity contribution in [1.82, 2.24) is 5.32 Å². The first kappa shape index (κ1) is 31.0. The largest absolute Gasteiger partial charge is 0.489 e. The number of nitrogens with one attached hydrogen (secondary N) is 1. The lowest BCUT2D eigenvalue weighted by Gasteiger charge is -2.21. The number of hydrogen-bond acceptors (Lipinski definition) is 3. The van der Waals surface area contributed by atoms with E-state index in [0.29, 0.717) is 11.3 Å². The van der Waals surface area contributed by atoms with Gasteiger partial charge in [0, 0.05) is 17.3 Å². The summed E-state index contributed by atoms with van der Waals surface area (Å²) in [5.74, 6) is 0.104. The van der Waals surface area contributed by atoms with Gasteiger partial charge < -0.3 is 10.1 Å². The second kappa shape index (κ2) is 16.6. The summed E-state index contributed by atoms with van der Waals surface area (Å²) in [4.78, 5) is 4.88. The van der Waals surface area contributed by atoms with Crippen molar-refractivity contribution in [3.05, 3.63) is 47.6 Å². The maximum absolute atomic E-state index is 13.8. The Morgan fingerprint density at radius 3 is 2.51 bits per heavy atom. The van der Waals surface area contributed by atoms with E-state index in [-0.39, 0.29) is 24.3 Å². The predicted molar refractivity (Wildman–Crippen MR) is 143 cm³/mol. The van der Waals surface area contributed by atoms with Gasteiger partial charge in [0.25, 0.3) is 0 Å². The van der Waals surface area contributed by atoms with Crippen molar-refractivity contribution < 1.29 is 17.9 Å². The summed E-state index contributed by atoms with van der Waals surface area (Å²) in [7, 11) is 0. The van der Waals surface area contributed by atoms with Crippen LogP contribution >= 0.6 is 0 Å². The van der Waals surface area contributed by atoms with E-state index in [2.05, 4.69) is 26.1 Å². The molecule has 0 aliphatic carbocycles. The highest BCUT2D eigenvalue weighted by atomic mass is 19.4. The second-order valence-corrected chi connectivity index (χ2v) is 8.66. The zero-order valence-corrected chi connectivity index (χ0v) is 22.5. The zero-order chi connectivity index (χ0) is 26.3. The average Bonchev–Trinajstić information content (AvgIpc) is 3.39. The lowest BCUT2D eigenvalue weighted by Crippen LogP contribution is -2.34. The van der Waals surface area contributed by atoms with Crippen molar-refractivity contribution in [3.8, 4) is 5.75 Å². The number of ether oxygens (including phenoxy) is 1. The number of nitrogens with zero attached hydrogens (tertiary/aromatic N) is 1. The fourth-order valence-corrected chi connectivity index (χ4v) is 3.99. The van der Waals surface area contributed by atoms with E-state index in [9.17, 15) is 13.2 Å². The van der Waals surface area contributed by atoms with Crippen LogP contribution in [0.4, 0.5) is 13.2 Å². The lowest BCUT2D eigenvalue weighted by molar-refractivity contribution is -0.138. The van der Waals surface area contributed by atoms with E-state index in [0.717, 1.165) is 63.3 Å². The standard InChI is InChI=1S/C27H39F3N2O.C2H6/c1-5-8-9-10-11-12-18-33-25-16-15-21(19-22(25)27(28,29)30)23(7-3)32-26(20(4)6-2)24-14-13-17-31-24;1-2/h7,11-12,15-16,19-20,24,31H,5-6,8-10,13-14,17-18H2,1-4H3;1-2H3/b12-11+,23-7-,32-26?;. The minimum atomic E-state index is -4.51. The molecule has 0 radical (unpaired) electrons. The number of halogens is 3. The first-order valence-corrected chi connectivity index (χ1v) is 13.3. The van der Waals surface area contributed by atoms with E-state index < -0.39 is 11.7 Å². The summed E-state index contributed by atoms with van der Waals surface area (Å²) in [6.07, 6.45) is 8.34. The van der Waals surface area contributed by atoms with Gasteiger partial charge in [0.1, 0.15) is 12.4 Å². The van der Waals surface area contributed by atoms with E-state index in [1.807, 2.05) is 26.8 Å². The quantitative estimate of drug-likeness (QED) is 0.179. The molecule has 1 aliphatic rings. The van der Waals surface area contributed by atoms with Crippen LogP contribution in [-0.2, 0) is 6.18 Å². The molecule has 3 nitrogen and oxygen atoms in total. The lowest BCUT2D eigenvalue weighted by atomic mass is 9.95. The third-order valence-corrected chi connectivity index (χ3v) is 6.11. The van der Waals surface area contributed by atoms with Crippen LogP contribution in [0.1, 0.15) is 97.6 Å². The molecule has 35 heavy (non-hydrogen) atoms. The van der Waals surface area contributed by atoms with Crippen molar-refractivity contribution >= 4 is 11.4 Å². The predicted octanol–water partition coefficient (Wildman–Crippen LogP) is 8.85. The highest BCUT2D eigenvalue weighted by molar-refractivity contribution is 5.95. The number of rotatable bonds is 12. The first-order chi connectivity index (χ1) is 16.8. The molecule has 0 spiro atoms. The summed E-state index contributed by atoms with van der Waals surface area (Å²) in [5.41, 5.74) is 1.26. The minimum Gasteiger partial charge on any atom is -0.489 e. The van der Waals surface area contributed by atoms with Gasteiger partial charge in [-0.2, -0.15) is 13.2 Å². The molecule has 0 saturated carbocycles. The normalized spacial score (nSPS) is 17.9. The van der Waals surface area contributed by atoms with Gasteiger partial charge in [-0.1, -0.05) is 65.7 Å². The summed E-state index contributed by atoms with van der Waals surface area (Å²) in [6.45, 7) is 13.3. The molecule has 2 rings (SSSR count). The molecule has 1 aromatic carbocycles. The van der Waals surface area contributed by atoms with Crippen LogP contribution in [0.2, 0.25) is 0 Å². The molecule has 1 saturated heterocycles. The number of unbranched alkanes of at least 4 members (excludes halogenated alkanes) is 3. The number of aliphatic imine (C=N–C) groups is 1. The summed E-state index contributed by atoms with van der Waals surface area (Å²) >= 11 is 0. The van der Waals surface area contributed by atoms with Crippen molar-refractivity contribution in [2.75, 3.05) is 13.2 Å². The molecule has 198 valence electrons. The number of alkyl halides is 3. The molecule has 6 heteroatoms. The number of allylic oxidation sites excluding steroid dienone is 2. The van der Waals surface area contributed by atoms with Crippen molar-refractivity contribution in [1.29, 1.82) is 0 Å². The van der Waals surface area contributed by atoms with Crippen molar-refractivity contribution in [2.24, 2.45) is 10.9 Å². The molecule has 1 N–H and O–H groups in total. The number of hydrogen-bond donors (Lipinski definition) is 1. The van der Waals surface area contributed by atoms with Gasteiger partial charge in [0.15, 0.2) is 0 Å². The third kappa shape index (κ3) is 10.2. The van der Waals surface area contributed by atoms with Gasteiger partial charge in [-0.05, 0) is 69.7 Å². The Balaban J connectivity index is 0.00000298. The monoisotopic (exact) mass is 494 g/mol. The summed E-state index contributed by atoms with van der Waals surface area (Å²) in [6, 6.07) is 4.43. The topological polar surface area (TPSA) is 33.6 Å². The maximum atomic E-state index is 13.8. The second-order valence-electron chi connectivity index (χ2n) is 8.66. The smallest absolute Gasteiger partial charge is 0.419 e. The first-order valence-electron chi connectivity index (χ1n) is 13.3. The SMILES string of the molecule is C/C=C(\N=C(C(C)CC)C1CCCN1)c1ccc(OC/C=C/CCCCC)c(C(F)(F)F)c1.CC. The fraction of sp³-hybridized carbons (Fsp3) is 0.621. The Labute approximate surface area is 211 Å². The summed E-state index contributed by atoms with van der Waals surface area (Å²) < 4.78 is 47.0. The molecule has 1 aliphatic heterocycles. The molecule has 1 fully saturated rings. The van der Waals surface area contributed by atoms with Gasteiger partial charge in [-0.3, -0.25) is 4.99 Å². The minimum absolute atomic E-state index is 0.120. The van der Waals surface area contributed by atoms with Crippen molar-refractivity contribution in [3.63, 3.8) is 0 Å². The number of benzene rings is 1. The molecule has 0 amide bonds. The van der Waals surface area contributed by atoms with E-state index in [1.54, 1.807) is 18.2 Å². The molecule has 2 atom stereocenters. The highest BCUT2D eigenvalue weighted by Gasteiger charge is 2.35. The highest BCUT2D eigenvalue weighted by Crippen LogP contribution is 2.38. The van der Waals surface area contributed by atoms with E-state index in [4.69, 9.17) is 9.73 Å². The maximum Gasteiger partial charge on any atom is 0.419 e.